The Morgan fingerprint density at radius 1 is 1.27 bits per heavy atom. The maximum atomic E-state index is 11.7. The van der Waals surface area contributed by atoms with E-state index in [0.717, 1.165) is 0 Å². The Kier molecular flexibility index (Phi) is 6.15. The fourth-order valence-electron chi connectivity index (χ4n) is 2.04. The molecule has 0 aliphatic rings. The zero-order chi connectivity index (χ0) is 19.1. The third-order valence-electron chi connectivity index (χ3n) is 3.23. The number of guanidine groups is 1. The van der Waals surface area contributed by atoms with Crippen molar-refractivity contribution >= 4 is 23.6 Å². The number of nitrogens with two attached hydrogens (primary N) is 1. The summed E-state index contributed by atoms with van der Waals surface area (Å²) in [7, 11) is 4.29. The molecule has 0 spiro atoms. The van der Waals surface area contributed by atoms with Crippen LogP contribution in [0.1, 0.15) is 5.69 Å². The molecule has 0 unspecified atom stereocenters. The average molecular weight is 361 g/mol. The number of H-pyrrole nitrogens is 1. The van der Waals surface area contributed by atoms with Crippen LogP contribution in [0.3, 0.4) is 0 Å². The van der Waals surface area contributed by atoms with Crippen LogP contribution < -0.4 is 26.1 Å². The largest absolute Gasteiger partial charge is 0.497 e. The number of nitrogens with one attached hydrogen (secondary N) is 2. The molecule has 0 saturated carbocycles. The van der Waals surface area contributed by atoms with Crippen LogP contribution in [0.2, 0.25) is 0 Å². The van der Waals surface area contributed by atoms with Gasteiger partial charge in [-0.25, -0.2) is 4.98 Å². The van der Waals surface area contributed by atoms with Gasteiger partial charge >= 0.3 is 5.97 Å². The average Bonchev–Trinajstić information content (AvgIpc) is 2.61. The number of carbonyl (C=O) groups excluding carboxylic acids is 1. The number of carbonyl (C=O) groups is 1. The lowest BCUT2D eigenvalue weighted by Crippen LogP contribution is -2.23. The van der Waals surface area contributed by atoms with Crippen molar-refractivity contribution in [3.63, 3.8) is 0 Å². The smallest absolute Gasteiger partial charge is 0.311 e. The summed E-state index contributed by atoms with van der Waals surface area (Å²) < 4.78 is 14.9. The molecular weight excluding hydrogens is 342 g/mol. The van der Waals surface area contributed by atoms with Gasteiger partial charge in [0.05, 0.1) is 39.1 Å². The van der Waals surface area contributed by atoms with Crippen molar-refractivity contribution in [3.8, 4) is 11.5 Å². The number of anilines is 1. The second-order valence-corrected chi connectivity index (χ2v) is 5.00. The zero-order valence-corrected chi connectivity index (χ0v) is 14.5. The molecule has 0 fully saturated rings. The molecule has 0 bridgehead atoms. The molecule has 26 heavy (non-hydrogen) atoms. The lowest BCUT2D eigenvalue weighted by molar-refractivity contribution is -0.139. The highest BCUT2D eigenvalue weighted by Gasteiger charge is 2.09. The van der Waals surface area contributed by atoms with E-state index in [4.69, 9.17) is 15.2 Å². The van der Waals surface area contributed by atoms with E-state index >= 15 is 0 Å². The fourth-order valence-corrected chi connectivity index (χ4v) is 2.04. The van der Waals surface area contributed by atoms with Gasteiger partial charge in [0.2, 0.25) is 11.9 Å². The minimum Gasteiger partial charge on any atom is -0.497 e. The van der Waals surface area contributed by atoms with Crippen LogP contribution in [0, 0.1) is 0 Å². The molecule has 1 aromatic heterocycles. The fraction of sp³-hybridized carbons (Fsp3) is 0.250. The molecule has 0 saturated heterocycles. The molecule has 0 aliphatic heterocycles. The first-order chi connectivity index (χ1) is 12.4. The summed E-state index contributed by atoms with van der Waals surface area (Å²) in [6.45, 7) is 0. The monoisotopic (exact) mass is 361 g/mol. The van der Waals surface area contributed by atoms with Gasteiger partial charge in [0, 0.05) is 12.1 Å². The summed E-state index contributed by atoms with van der Waals surface area (Å²) in [5.74, 6) is 0.501. The second kappa shape index (κ2) is 8.51. The Hall–Kier alpha value is -3.56. The van der Waals surface area contributed by atoms with E-state index in [1.54, 1.807) is 25.3 Å². The van der Waals surface area contributed by atoms with E-state index in [1.165, 1.54) is 20.3 Å². The van der Waals surface area contributed by atoms with Gasteiger partial charge in [0.25, 0.3) is 5.56 Å². The predicted octanol–water partition coefficient (Wildman–Crippen LogP) is 0.561. The van der Waals surface area contributed by atoms with Gasteiger partial charge in [-0.1, -0.05) is 0 Å². The van der Waals surface area contributed by atoms with Crippen molar-refractivity contribution in [2.24, 2.45) is 10.7 Å². The van der Waals surface area contributed by atoms with Gasteiger partial charge in [-0.2, -0.15) is 4.99 Å². The molecule has 2 aromatic rings. The number of methoxy groups -OCH3 is 3. The Labute approximate surface area is 149 Å². The first-order valence-electron chi connectivity index (χ1n) is 7.45. The lowest BCUT2D eigenvalue weighted by Gasteiger charge is -2.11. The number of nitrogens with zero attached hydrogens (tertiary/aromatic N) is 2. The van der Waals surface area contributed by atoms with Crippen molar-refractivity contribution in [3.05, 3.63) is 40.3 Å². The van der Waals surface area contributed by atoms with Crippen molar-refractivity contribution in [2.75, 3.05) is 26.6 Å². The third kappa shape index (κ3) is 4.97. The number of aliphatic imine (C=N–C) groups is 1. The highest BCUT2D eigenvalue weighted by molar-refractivity contribution is 5.95. The predicted molar refractivity (Wildman–Crippen MR) is 95.0 cm³/mol. The van der Waals surface area contributed by atoms with Crippen LogP contribution in [-0.2, 0) is 16.0 Å². The summed E-state index contributed by atoms with van der Waals surface area (Å²) in [5, 5.41) is 2.85. The number of hydrogen-bond donors (Lipinski definition) is 3. The highest BCUT2D eigenvalue weighted by Crippen LogP contribution is 2.28. The molecule has 138 valence electrons. The zero-order valence-electron chi connectivity index (χ0n) is 14.5. The normalized spacial score (nSPS) is 11.0. The van der Waals surface area contributed by atoms with Gasteiger partial charge in [-0.3, -0.25) is 14.6 Å². The van der Waals surface area contributed by atoms with Crippen LogP contribution in [0.4, 0.5) is 11.6 Å². The topological polar surface area (TPSA) is 141 Å². The number of benzene rings is 1. The Morgan fingerprint density at radius 3 is 2.69 bits per heavy atom. The van der Waals surface area contributed by atoms with Gasteiger partial charge in [0.15, 0.2) is 0 Å². The van der Waals surface area contributed by atoms with E-state index in [9.17, 15) is 9.59 Å². The quantitative estimate of drug-likeness (QED) is 0.385. The van der Waals surface area contributed by atoms with E-state index in [-0.39, 0.29) is 24.0 Å². The standard InChI is InChI=1S/C16H19N5O5/c1-24-10-4-5-11(12(8-10)25-2)19-15(17)21-16-18-9(6-13(22)20-16)7-14(23)26-3/h4-6,8H,7H2,1-3H3,(H4,17,18,19,20,21,22). The number of aromatic nitrogens is 2. The molecule has 0 atom stereocenters. The highest BCUT2D eigenvalue weighted by atomic mass is 16.5. The molecule has 4 N–H and O–H groups in total. The molecule has 1 heterocycles. The first-order valence-corrected chi connectivity index (χ1v) is 7.45. The van der Waals surface area contributed by atoms with Gasteiger partial charge in [0.1, 0.15) is 11.5 Å². The Morgan fingerprint density at radius 2 is 2.04 bits per heavy atom. The molecular formula is C16H19N5O5. The number of ether oxygens (including phenoxy) is 3. The summed E-state index contributed by atoms with van der Waals surface area (Å²) in [4.78, 5) is 33.5. The molecule has 0 amide bonds. The second-order valence-electron chi connectivity index (χ2n) is 5.00. The lowest BCUT2D eigenvalue weighted by atomic mass is 10.2. The maximum Gasteiger partial charge on any atom is 0.311 e. The number of esters is 1. The molecule has 1 aromatic carbocycles. The maximum absolute atomic E-state index is 11.7. The van der Waals surface area contributed by atoms with Gasteiger partial charge in [-0.15, -0.1) is 0 Å². The molecule has 0 aliphatic carbocycles. The Balaban J connectivity index is 2.24. The van der Waals surface area contributed by atoms with E-state index in [0.29, 0.717) is 17.2 Å². The van der Waals surface area contributed by atoms with Crippen LogP contribution in [-0.4, -0.2) is 43.2 Å². The molecule has 10 nitrogen and oxygen atoms in total. The van der Waals surface area contributed by atoms with E-state index in [1.807, 2.05) is 0 Å². The summed E-state index contributed by atoms with van der Waals surface area (Å²) in [6, 6.07) is 6.28. The van der Waals surface area contributed by atoms with E-state index in [2.05, 4.69) is 25.0 Å². The minimum atomic E-state index is -0.521. The van der Waals surface area contributed by atoms with Crippen molar-refractivity contribution in [1.82, 2.24) is 9.97 Å². The SMILES string of the molecule is COC(=O)Cc1cc(=O)[nH]c(N=C(N)Nc2ccc(OC)cc2OC)n1. The molecule has 2 rings (SSSR count). The Bertz CT molecular complexity index is 878. The van der Waals surface area contributed by atoms with Gasteiger partial charge < -0.3 is 25.3 Å². The summed E-state index contributed by atoms with van der Waals surface area (Å²) >= 11 is 0. The van der Waals surface area contributed by atoms with E-state index < -0.39 is 11.5 Å². The van der Waals surface area contributed by atoms with Crippen LogP contribution in [0.15, 0.2) is 34.1 Å². The van der Waals surface area contributed by atoms with Gasteiger partial charge in [-0.05, 0) is 12.1 Å². The minimum absolute atomic E-state index is 0.0353. The van der Waals surface area contributed by atoms with Crippen molar-refractivity contribution in [1.29, 1.82) is 0 Å². The summed E-state index contributed by atoms with van der Waals surface area (Å²) in [6.07, 6.45) is -0.150. The molecule has 0 radical (unpaired) electrons. The first kappa shape index (κ1) is 18.8. The summed E-state index contributed by atoms with van der Waals surface area (Å²) in [5.41, 5.74) is 6.15. The van der Waals surface area contributed by atoms with Crippen LogP contribution in [0.25, 0.3) is 0 Å². The molecule has 10 heteroatoms. The number of rotatable bonds is 6. The van der Waals surface area contributed by atoms with Crippen LogP contribution in [0.5, 0.6) is 11.5 Å². The number of hydrogen-bond acceptors (Lipinski definition) is 7. The van der Waals surface area contributed by atoms with Crippen LogP contribution >= 0.6 is 0 Å². The van der Waals surface area contributed by atoms with Crippen molar-refractivity contribution < 1.29 is 19.0 Å². The van der Waals surface area contributed by atoms with Crippen molar-refractivity contribution in [2.45, 2.75) is 6.42 Å². The number of aromatic amines is 1. The third-order valence-corrected chi connectivity index (χ3v) is 3.23.